The van der Waals surface area contributed by atoms with E-state index >= 15 is 0 Å². The van der Waals surface area contributed by atoms with Crippen molar-refractivity contribution in [3.05, 3.63) is 11.6 Å². The fourth-order valence-corrected chi connectivity index (χ4v) is 1.94. The minimum atomic E-state index is -0.229. The van der Waals surface area contributed by atoms with E-state index in [0.29, 0.717) is 13.0 Å². The summed E-state index contributed by atoms with van der Waals surface area (Å²) in [5, 5.41) is 0. The molecule has 2 atom stereocenters. The highest BCUT2D eigenvalue weighted by atomic mass is 16.5. The van der Waals surface area contributed by atoms with Crippen LogP contribution in [0.1, 0.15) is 27.2 Å². The van der Waals surface area contributed by atoms with E-state index in [1.165, 1.54) is 0 Å². The second-order valence-corrected chi connectivity index (χ2v) is 3.77. The first-order valence-electron chi connectivity index (χ1n) is 4.94. The van der Waals surface area contributed by atoms with Gasteiger partial charge in [-0.15, -0.1) is 0 Å². The normalized spacial score (nSPS) is 27.1. The van der Waals surface area contributed by atoms with Crippen LogP contribution in [0.5, 0.6) is 0 Å². The van der Waals surface area contributed by atoms with Crippen LogP contribution in [0.3, 0.4) is 0 Å². The van der Waals surface area contributed by atoms with Gasteiger partial charge in [0, 0.05) is 6.42 Å². The standard InChI is InChI=1S/C11H16O3/c1-4-14-11(13)10-7(2)5-9(12)6-8(10)3/h5,8,10H,4,6H2,1-3H3. The van der Waals surface area contributed by atoms with Gasteiger partial charge < -0.3 is 4.74 Å². The lowest BCUT2D eigenvalue weighted by Crippen LogP contribution is -2.30. The topological polar surface area (TPSA) is 43.4 Å². The fourth-order valence-electron chi connectivity index (χ4n) is 1.94. The Morgan fingerprint density at radius 1 is 1.64 bits per heavy atom. The van der Waals surface area contributed by atoms with Gasteiger partial charge in [0.2, 0.25) is 0 Å². The smallest absolute Gasteiger partial charge is 0.313 e. The molecule has 0 amide bonds. The highest BCUT2D eigenvalue weighted by molar-refractivity contribution is 5.94. The lowest BCUT2D eigenvalue weighted by Gasteiger charge is -2.25. The molecule has 1 rings (SSSR count). The summed E-state index contributed by atoms with van der Waals surface area (Å²) >= 11 is 0. The first kappa shape index (κ1) is 11.0. The zero-order chi connectivity index (χ0) is 10.7. The third kappa shape index (κ3) is 2.22. The molecular weight excluding hydrogens is 180 g/mol. The molecule has 0 bridgehead atoms. The van der Waals surface area contributed by atoms with Gasteiger partial charge in [-0.1, -0.05) is 12.5 Å². The van der Waals surface area contributed by atoms with E-state index in [2.05, 4.69) is 0 Å². The Hall–Kier alpha value is -1.12. The molecule has 78 valence electrons. The molecule has 14 heavy (non-hydrogen) atoms. The molecule has 3 heteroatoms. The molecule has 0 aliphatic heterocycles. The molecule has 0 aromatic rings. The summed E-state index contributed by atoms with van der Waals surface area (Å²) in [6.45, 7) is 5.91. The number of ether oxygens (including phenoxy) is 1. The predicted molar refractivity (Wildman–Crippen MR) is 52.7 cm³/mol. The van der Waals surface area contributed by atoms with Gasteiger partial charge in [-0.3, -0.25) is 9.59 Å². The molecule has 0 heterocycles. The highest BCUT2D eigenvalue weighted by Crippen LogP contribution is 2.29. The Bertz CT molecular complexity index is 278. The number of carbonyl (C=O) groups excluding carboxylic acids is 2. The second-order valence-electron chi connectivity index (χ2n) is 3.77. The van der Waals surface area contributed by atoms with Gasteiger partial charge in [-0.25, -0.2) is 0 Å². The highest BCUT2D eigenvalue weighted by Gasteiger charge is 2.32. The molecule has 3 nitrogen and oxygen atoms in total. The number of esters is 1. The predicted octanol–water partition coefficient (Wildman–Crippen LogP) is 1.72. The zero-order valence-corrected chi connectivity index (χ0v) is 8.87. The van der Waals surface area contributed by atoms with Crippen molar-refractivity contribution in [3.8, 4) is 0 Å². The van der Waals surface area contributed by atoms with Gasteiger partial charge in [-0.05, 0) is 25.8 Å². The molecule has 1 aliphatic carbocycles. The number of hydrogen-bond donors (Lipinski definition) is 0. The van der Waals surface area contributed by atoms with Gasteiger partial charge in [0.15, 0.2) is 5.78 Å². The van der Waals surface area contributed by atoms with Gasteiger partial charge in [-0.2, -0.15) is 0 Å². The molecule has 0 saturated heterocycles. The van der Waals surface area contributed by atoms with Crippen molar-refractivity contribution >= 4 is 11.8 Å². The van der Waals surface area contributed by atoms with Crippen LogP contribution in [0, 0.1) is 11.8 Å². The van der Waals surface area contributed by atoms with Crippen LogP contribution in [0.25, 0.3) is 0 Å². The van der Waals surface area contributed by atoms with E-state index in [4.69, 9.17) is 4.74 Å². The largest absolute Gasteiger partial charge is 0.466 e. The molecule has 1 aliphatic rings. The number of hydrogen-bond acceptors (Lipinski definition) is 3. The van der Waals surface area contributed by atoms with E-state index in [-0.39, 0.29) is 23.6 Å². The van der Waals surface area contributed by atoms with Crippen molar-refractivity contribution in [2.24, 2.45) is 11.8 Å². The van der Waals surface area contributed by atoms with E-state index in [9.17, 15) is 9.59 Å². The van der Waals surface area contributed by atoms with Gasteiger partial charge >= 0.3 is 5.97 Å². The average molecular weight is 196 g/mol. The lowest BCUT2D eigenvalue weighted by atomic mass is 9.79. The Kier molecular flexibility index (Phi) is 3.44. The summed E-state index contributed by atoms with van der Waals surface area (Å²) in [7, 11) is 0. The van der Waals surface area contributed by atoms with E-state index < -0.39 is 0 Å². The van der Waals surface area contributed by atoms with Gasteiger partial charge in [0.05, 0.1) is 12.5 Å². The third-order valence-corrected chi connectivity index (χ3v) is 2.51. The fraction of sp³-hybridized carbons (Fsp3) is 0.636. The molecule has 0 saturated carbocycles. The Labute approximate surface area is 84.1 Å². The summed E-state index contributed by atoms with van der Waals surface area (Å²) in [6.07, 6.45) is 2.00. The lowest BCUT2D eigenvalue weighted by molar-refractivity contribution is -0.148. The first-order chi connectivity index (χ1) is 6.56. The number of rotatable bonds is 2. The first-order valence-corrected chi connectivity index (χ1v) is 4.94. The maximum atomic E-state index is 11.6. The molecule has 2 unspecified atom stereocenters. The Balaban J connectivity index is 2.81. The summed E-state index contributed by atoms with van der Waals surface area (Å²) in [6, 6.07) is 0. The Morgan fingerprint density at radius 3 is 2.79 bits per heavy atom. The number of carbonyl (C=O) groups is 2. The van der Waals surface area contributed by atoms with Crippen LogP contribution in [0.15, 0.2) is 11.6 Å². The van der Waals surface area contributed by atoms with Crippen molar-refractivity contribution in [1.82, 2.24) is 0 Å². The van der Waals surface area contributed by atoms with Crippen LogP contribution in [-0.2, 0) is 14.3 Å². The molecule has 0 aromatic heterocycles. The molecular formula is C11H16O3. The van der Waals surface area contributed by atoms with Crippen LogP contribution in [0.4, 0.5) is 0 Å². The minimum Gasteiger partial charge on any atom is -0.466 e. The number of allylic oxidation sites excluding steroid dienone is 1. The molecule has 0 radical (unpaired) electrons. The maximum absolute atomic E-state index is 11.6. The van der Waals surface area contributed by atoms with Crippen LogP contribution in [0.2, 0.25) is 0 Å². The summed E-state index contributed by atoms with van der Waals surface area (Å²) < 4.78 is 4.97. The molecule has 0 N–H and O–H groups in total. The monoisotopic (exact) mass is 196 g/mol. The van der Waals surface area contributed by atoms with Crippen molar-refractivity contribution in [2.45, 2.75) is 27.2 Å². The average Bonchev–Trinajstić information content (AvgIpc) is 2.01. The molecule has 0 aromatic carbocycles. The molecule has 0 spiro atoms. The minimum absolute atomic E-state index is 0.0616. The van der Waals surface area contributed by atoms with Crippen LogP contribution in [-0.4, -0.2) is 18.4 Å². The summed E-state index contributed by atoms with van der Waals surface area (Å²) in [5.74, 6) is -0.268. The van der Waals surface area contributed by atoms with E-state index in [1.54, 1.807) is 13.0 Å². The van der Waals surface area contributed by atoms with Crippen molar-refractivity contribution in [3.63, 3.8) is 0 Å². The summed E-state index contributed by atoms with van der Waals surface area (Å²) in [4.78, 5) is 22.7. The zero-order valence-electron chi connectivity index (χ0n) is 8.87. The van der Waals surface area contributed by atoms with Crippen molar-refractivity contribution in [1.29, 1.82) is 0 Å². The SMILES string of the molecule is CCOC(=O)C1C(C)=CC(=O)CC1C. The van der Waals surface area contributed by atoms with Crippen LogP contribution < -0.4 is 0 Å². The third-order valence-electron chi connectivity index (χ3n) is 2.51. The van der Waals surface area contributed by atoms with Crippen molar-refractivity contribution in [2.75, 3.05) is 6.61 Å². The quantitative estimate of drug-likeness (QED) is 0.631. The number of ketones is 1. The van der Waals surface area contributed by atoms with Gasteiger partial charge in [0.25, 0.3) is 0 Å². The second kappa shape index (κ2) is 4.40. The Morgan fingerprint density at radius 2 is 2.29 bits per heavy atom. The van der Waals surface area contributed by atoms with Crippen molar-refractivity contribution < 1.29 is 14.3 Å². The molecule has 0 fully saturated rings. The van der Waals surface area contributed by atoms with Crippen LogP contribution >= 0.6 is 0 Å². The van der Waals surface area contributed by atoms with Gasteiger partial charge in [0.1, 0.15) is 0 Å². The van der Waals surface area contributed by atoms with E-state index in [1.807, 2.05) is 13.8 Å². The van der Waals surface area contributed by atoms with E-state index in [0.717, 1.165) is 5.57 Å². The maximum Gasteiger partial charge on any atom is 0.313 e. The summed E-state index contributed by atoms with van der Waals surface area (Å²) in [5.41, 5.74) is 0.826.